The Morgan fingerprint density at radius 1 is 1.46 bits per heavy atom. The van der Waals surface area contributed by atoms with E-state index in [1.54, 1.807) is 6.92 Å². The standard InChI is InChI=1S/C11H13NO/c1-8-7-12(9(2)13)11-6-4-3-5-10(8)11/h3-6,8H,7H2,1-2H3/t8-/m1/s1. The van der Waals surface area contributed by atoms with E-state index in [2.05, 4.69) is 13.0 Å². The lowest BCUT2D eigenvalue weighted by Gasteiger charge is -2.14. The zero-order chi connectivity index (χ0) is 9.42. The van der Waals surface area contributed by atoms with E-state index < -0.39 is 0 Å². The maximum Gasteiger partial charge on any atom is 0.223 e. The maximum atomic E-state index is 11.3. The van der Waals surface area contributed by atoms with Gasteiger partial charge in [-0.25, -0.2) is 0 Å². The van der Waals surface area contributed by atoms with E-state index in [0.29, 0.717) is 5.92 Å². The molecule has 2 rings (SSSR count). The molecule has 13 heavy (non-hydrogen) atoms. The molecule has 1 aromatic rings. The summed E-state index contributed by atoms with van der Waals surface area (Å²) >= 11 is 0. The van der Waals surface area contributed by atoms with Crippen molar-refractivity contribution in [3.63, 3.8) is 0 Å². The highest BCUT2D eigenvalue weighted by molar-refractivity contribution is 5.94. The molecule has 1 aliphatic heterocycles. The number of hydrogen-bond donors (Lipinski definition) is 0. The van der Waals surface area contributed by atoms with E-state index in [1.807, 2.05) is 23.1 Å². The lowest BCUT2D eigenvalue weighted by Crippen LogP contribution is -2.26. The number of rotatable bonds is 0. The Morgan fingerprint density at radius 2 is 2.15 bits per heavy atom. The molecule has 0 aliphatic carbocycles. The van der Waals surface area contributed by atoms with E-state index >= 15 is 0 Å². The third-order valence-electron chi connectivity index (χ3n) is 2.60. The molecule has 1 amide bonds. The number of para-hydroxylation sites is 1. The van der Waals surface area contributed by atoms with Crippen LogP contribution in [-0.2, 0) is 4.79 Å². The smallest absolute Gasteiger partial charge is 0.223 e. The lowest BCUT2D eigenvalue weighted by molar-refractivity contribution is -0.116. The Labute approximate surface area is 78.2 Å². The third kappa shape index (κ3) is 1.22. The van der Waals surface area contributed by atoms with Crippen LogP contribution in [0, 0.1) is 0 Å². The van der Waals surface area contributed by atoms with Gasteiger partial charge in [0.25, 0.3) is 0 Å². The fourth-order valence-corrected chi connectivity index (χ4v) is 1.92. The summed E-state index contributed by atoms with van der Waals surface area (Å²) in [6, 6.07) is 8.12. The van der Waals surface area contributed by atoms with Crippen molar-refractivity contribution in [2.45, 2.75) is 19.8 Å². The van der Waals surface area contributed by atoms with Gasteiger partial charge in [-0.15, -0.1) is 0 Å². The normalized spacial score (nSPS) is 20.2. The third-order valence-corrected chi connectivity index (χ3v) is 2.60. The first-order valence-electron chi connectivity index (χ1n) is 4.57. The molecular formula is C11H13NO. The van der Waals surface area contributed by atoms with Crippen LogP contribution in [0.15, 0.2) is 24.3 Å². The number of anilines is 1. The number of amides is 1. The summed E-state index contributed by atoms with van der Waals surface area (Å²) in [7, 11) is 0. The van der Waals surface area contributed by atoms with Gasteiger partial charge in [0.2, 0.25) is 5.91 Å². The van der Waals surface area contributed by atoms with Gasteiger partial charge in [-0.2, -0.15) is 0 Å². The van der Waals surface area contributed by atoms with Crippen LogP contribution >= 0.6 is 0 Å². The van der Waals surface area contributed by atoms with Crippen molar-refractivity contribution in [2.24, 2.45) is 0 Å². The molecule has 0 fully saturated rings. The Balaban J connectivity index is 2.47. The maximum absolute atomic E-state index is 11.3. The lowest BCUT2D eigenvalue weighted by atomic mass is 10.0. The molecule has 0 saturated carbocycles. The molecule has 0 spiro atoms. The molecule has 1 heterocycles. The SMILES string of the molecule is CC(=O)N1C[C@@H](C)c2ccccc21. The predicted molar refractivity (Wildman–Crippen MR) is 52.9 cm³/mol. The first-order chi connectivity index (χ1) is 6.20. The molecule has 1 atom stereocenters. The van der Waals surface area contributed by atoms with Gasteiger partial charge in [0.05, 0.1) is 0 Å². The molecule has 1 aliphatic rings. The highest BCUT2D eigenvalue weighted by Gasteiger charge is 2.26. The highest BCUT2D eigenvalue weighted by atomic mass is 16.2. The first-order valence-corrected chi connectivity index (χ1v) is 4.57. The van der Waals surface area contributed by atoms with Gasteiger partial charge in [0.15, 0.2) is 0 Å². The fourth-order valence-electron chi connectivity index (χ4n) is 1.92. The molecular weight excluding hydrogens is 162 g/mol. The van der Waals surface area contributed by atoms with Crippen LogP contribution in [0.2, 0.25) is 0 Å². The van der Waals surface area contributed by atoms with Crippen LogP contribution in [0.3, 0.4) is 0 Å². The molecule has 0 N–H and O–H groups in total. The molecule has 2 nitrogen and oxygen atoms in total. The van der Waals surface area contributed by atoms with E-state index in [4.69, 9.17) is 0 Å². The number of carbonyl (C=O) groups excluding carboxylic acids is 1. The minimum absolute atomic E-state index is 0.136. The van der Waals surface area contributed by atoms with Crippen molar-refractivity contribution >= 4 is 11.6 Å². The Bertz CT molecular complexity index is 346. The van der Waals surface area contributed by atoms with Gasteiger partial charge in [-0.1, -0.05) is 25.1 Å². The average Bonchev–Trinajstić information content (AvgIpc) is 2.45. The largest absolute Gasteiger partial charge is 0.312 e. The Kier molecular flexibility index (Phi) is 1.83. The van der Waals surface area contributed by atoms with Crippen molar-refractivity contribution < 1.29 is 4.79 Å². The summed E-state index contributed by atoms with van der Waals surface area (Å²) < 4.78 is 0. The van der Waals surface area contributed by atoms with Crippen molar-refractivity contribution in [1.82, 2.24) is 0 Å². The van der Waals surface area contributed by atoms with Gasteiger partial charge in [0.1, 0.15) is 0 Å². The summed E-state index contributed by atoms with van der Waals surface area (Å²) in [4.78, 5) is 13.1. The number of hydrogen-bond acceptors (Lipinski definition) is 1. The van der Waals surface area contributed by atoms with Crippen LogP contribution in [0.5, 0.6) is 0 Å². The van der Waals surface area contributed by atoms with Gasteiger partial charge in [-0.3, -0.25) is 4.79 Å². The second-order valence-corrected chi connectivity index (χ2v) is 3.59. The number of benzene rings is 1. The zero-order valence-corrected chi connectivity index (χ0v) is 7.95. The summed E-state index contributed by atoms with van der Waals surface area (Å²) in [6.07, 6.45) is 0. The second kappa shape index (κ2) is 2.87. The zero-order valence-electron chi connectivity index (χ0n) is 7.95. The van der Waals surface area contributed by atoms with Gasteiger partial charge < -0.3 is 4.90 Å². The minimum atomic E-state index is 0.136. The van der Waals surface area contributed by atoms with Crippen molar-refractivity contribution in [3.8, 4) is 0 Å². The molecule has 0 saturated heterocycles. The summed E-state index contributed by atoms with van der Waals surface area (Å²) in [6.45, 7) is 4.60. The predicted octanol–water partition coefficient (Wildman–Crippen LogP) is 2.16. The van der Waals surface area contributed by atoms with Crippen LogP contribution < -0.4 is 4.90 Å². The molecule has 0 unspecified atom stereocenters. The number of carbonyl (C=O) groups is 1. The molecule has 2 heteroatoms. The quantitative estimate of drug-likeness (QED) is 0.591. The first kappa shape index (κ1) is 8.30. The van der Waals surface area contributed by atoms with Crippen molar-refractivity contribution in [3.05, 3.63) is 29.8 Å². The van der Waals surface area contributed by atoms with E-state index in [-0.39, 0.29) is 5.91 Å². The average molecular weight is 175 g/mol. The Morgan fingerprint density at radius 3 is 2.85 bits per heavy atom. The highest BCUT2D eigenvalue weighted by Crippen LogP contribution is 2.35. The topological polar surface area (TPSA) is 20.3 Å². The van der Waals surface area contributed by atoms with Crippen LogP contribution in [0.4, 0.5) is 5.69 Å². The van der Waals surface area contributed by atoms with Crippen LogP contribution in [-0.4, -0.2) is 12.5 Å². The summed E-state index contributed by atoms with van der Waals surface area (Å²) in [5.74, 6) is 0.608. The minimum Gasteiger partial charge on any atom is -0.312 e. The molecule has 1 aromatic carbocycles. The van der Waals surface area contributed by atoms with Gasteiger partial charge >= 0.3 is 0 Å². The summed E-state index contributed by atoms with van der Waals surface area (Å²) in [5, 5.41) is 0. The van der Waals surface area contributed by atoms with Gasteiger partial charge in [-0.05, 0) is 11.6 Å². The fraction of sp³-hybridized carbons (Fsp3) is 0.364. The number of fused-ring (bicyclic) bond motifs is 1. The summed E-state index contributed by atoms with van der Waals surface area (Å²) in [5.41, 5.74) is 2.38. The van der Waals surface area contributed by atoms with E-state index in [9.17, 15) is 4.79 Å². The Hall–Kier alpha value is -1.31. The molecule has 68 valence electrons. The molecule has 0 bridgehead atoms. The van der Waals surface area contributed by atoms with Crippen LogP contribution in [0.1, 0.15) is 25.3 Å². The second-order valence-electron chi connectivity index (χ2n) is 3.59. The monoisotopic (exact) mass is 175 g/mol. The molecule has 0 aromatic heterocycles. The van der Waals surface area contributed by atoms with E-state index in [0.717, 1.165) is 12.2 Å². The van der Waals surface area contributed by atoms with Crippen molar-refractivity contribution in [2.75, 3.05) is 11.4 Å². The van der Waals surface area contributed by atoms with Gasteiger partial charge in [0, 0.05) is 25.1 Å². The van der Waals surface area contributed by atoms with Crippen LogP contribution in [0.25, 0.3) is 0 Å². The van der Waals surface area contributed by atoms with E-state index in [1.165, 1.54) is 5.56 Å². The van der Waals surface area contributed by atoms with Crippen molar-refractivity contribution in [1.29, 1.82) is 0 Å². The number of nitrogens with zero attached hydrogens (tertiary/aromatic N) is 1. The molecule has 0 radical (unpaired) electrons.